The summed E-state index contributed by atoms with van der Waals surface area (Å²) < 4.78 is 28.2. The van der Waals surface area contributed by atoms with Crippen LogP contribution in [0.1, 0.15) is 45.6 Å². The summed E-state index contributed by atoms with van der Waals surface area (Å²) in [5.41, 5.74) is 6.70. The van der Waals surface area contributed by atoms with Crippen LogP contribution in [0.3, 0.4) is 0 Å². The summed E-state index contributed by atoms with van der Waals surface area (Å²) in [5, 5.41) is 8.77. The van der Waals surface area contributed by atoms with Crippen LogP contribution < -0.4 is 16.0 Å². The summed E-state index contributed by atoms with van der Waals surface area (Å²) in [7, 11) is -11.2. The number of rotatable bonds is 17. The summed E-state index contributed by atoms with van der Waals surface area (Å²) in [6, 6.07) is 5.96. The molecule has 0 bridgehead atoms. The number of alkyl halides is 2. The van der Waals surface area contributed by atoms with Crippen molar-refractivity contribution < 1.29 is 52.9 Å². The Kier molecular flexibility index (Phi) is 15.8. The summed E-state index contributed by atoms with van der Waals surface area (Å²) in [4.78, 5) is 78.1. The Balaban J connectivity index is 2.90. The highest BCUT2D eigenvalue weighted by molar-refractivity contribution is 7.72. The first kappa shape index (κ1) is 40.3. The van der Waals surface area contributed by atoms with E-state index in [9.17, 15) is 48.2 Å². The second kappa shape index (κ2) is 17.2. The van der Waals surface area contributed by atoms with Crippen LogP contribution in [-0.2, 0) is 29.9 Å². The minimum atomic E-state index is -5.60. The molecule has 0 heterocycles. The average molecular weight is 707 g/mol. The van der Waals surface area contributed by atoms with Crippen LogP contribution in [0.4, 0.5) is 10.5 Å². The van der Waals surface area contributed by atoms with Crippen LogP contribution >= 0.6 is 38.4 Å². The molecule has 0 aliphatic rings. The van der Waals surface area contributed by atoms with E-state index in [1.165, 1.54) is 0 Å². The van der Waals surface area contributed by atoms with Crippen molar-refractivity contribution in [2.75, 3.05) is 42.8 Å². The van der Waals surface area contributed by atoms with Crippen molar-refractivity contribution in [3.05, 3.63) is 29.8 Å². The predicted molar refractivity (Wildman–Crippen MR) is 166 cm³/mol. The molecule has 0 aromatic heterocycles. The van der Waals surface area contributed by atoms with Gasteiger partial charge in [0.25, 0.3) is 5.08 Å². The van der Waals surface area contributed by atoms with E-state index in [0.29, 0.717) is 35.3 Å². The molecular weight excluding hydrogens is 665 g/mol. The number of carbonyl (C=O) groups excluding carboxylic acids is 3. The summed E-state index contributed by atoms with van der Waals surface area (Å²) in [6.45, 7) is 4.95. The van der Waals surface area contributed by atoms with Crippen LogP contribution in [0.15, 0.2) is 24.3 Å². The van der Waals surface area contributed by atoms with Crippen molar-refractivity contribution in [2.45, 2.75) is 63.2 Å². The number of halogens is 2. The van der Waals surface area contributed by atoms with E-state index in [-0.39, 0.29) is 25.8 Å². The van der Waals surface area contributed by atoms with E-state index in [1.54, 1.807) is 32.9 Å². The first-order valence-electron chi connectivity index (χ1n) is 13.5. The fraction of sp³-hybridized carbons (Fsp3) is 0.640. The minimum Gasteiger partial charge on any atom is -0.443 e. The van der Waals surface area contributed by atoms with E-state index in [1.807, 2.05) is 17.0 Å². The highest BCUT2D eigenvalue weighted by Gasteiger charge is 2.58. The van der Waals surface area contributed by atoms with Gasteiger partial charge in [0, 0.05) is 37.1 Å². The molecule has 19 heteroatoms. The van der Waals surface area contributed by atoms with Gasteiger partial charge in [-0.25, -0.2) is 9.69 Å². The largest absolute Gasteiger partial charge is 0.443 e. The number of ether oxygens (including phenoxy) is 1. The van der Waals surface area contributed by atoms with Crippen LogP contribution in [0.25, 0.3) is 0 Å². The third-order valence-electron chi connectivity index (χ3n) is 6.16. The van der Waals surface area contributed by atoms with Gasteiger partial charge in [0.15, 0.2) is 0 Å². The van der Waals surface area contributed by atoms with Gasteiger partial charge in [-0.15, -0.1) is 23.2 Å². The fourth-order valence-corrected chi connectivity index (χ4v) is 6.55. The van der Waals surface area contributed by atoms with E-state index < -0.39 is 62.8 Å². The zero-order chi connectivity index (χ0) is 33.9. The first-order valence-corrected chi connectivity index (χ1v) is 17.8. The van der Waals surface area contributed by atoms with Crippen molar-refractivity contribution in [3.63, 3.8) is 0 Å². The summed E-state index contributed by atoms with van der Waals surface area (Å²) in [6.07, 6.45) is -2.37. The van der Waals surface area contributed by atoms with Crippen LogP contribution in [-0.4, -0.2) is 102 Å². The molecular formula is C25H42Cl2N4O11P2. The third kappa shape index (κ3) is 12.6. The molecule has 252 valence electrons. The zero-order valence-corrected chi connectivity index (χ0v) is 28.1. The average Bonchev–Trinajstić information content (AvgIpc) is 2.89. The molecule has 1 rings (SSSR count). The maximum atomic E-state index is 13.2. The van der Waals surface area contributed by atoms with Crippen molar-refractivity contribution in [2.24, 2.45) is 5.73 Å². The molecule has 0 aliphatic heterocycles. The molecule has 0 spiro atoms. The number of nitrogens with zero attached hydrogens (tertiary/aromatic N) is 2. The van der Waals surface area contributed by atoms with Gasteiger partial charge in [0.05, 0.1) is 6.04 Å². The number of nitrogens with one attached hydrogen (secondary N) is 1. The SMILES string of the molecule is CC(C)(C)OC(=O)N(CC(=O)NCCCCC(O)(P(=O)(O)O)P(=O)(O)O)C(=O)[C@@H](N)Cc1ccc(N(CCCl)CCCl)cc1. The maximum Gasteiger partial charge on any atom is 0.417 e. The normalized spacial score (nSPS) is 13.2. The molecule has 1 aromatic rings. The van der Waals surface area contributed by atoms with Gasteiger partial charge < -0.3 is 45.4 Å². The Hall–Kier alpha value is -1.77. The van der Waals surface area contributed by atoms with Gasteiger partial charge in [-0.1, -0.05) is 12.1 Å². The number of amides is 3. The molecule has 3 amide bonds. The quantitative estimate of drug-likeness (QED) is 0.0696. The number of nitrogens with two attached hydrogens (primary N) is 1. The summed E-state index contributed by atoms with van der Waals surface area (Å²) >= 11 is 11.7. The third-order valence-corrected chi connectivity index (χ3v) is 10.4. The van der Waals surface area contributed by atoms with Gasteiger partial charge >= 0.3 is 21.3 Å². The second-order valence-corrected chi connectivity index (χ2v) is 15.7. The molecule has 1 aromatic carbocycles. The molecule has 15 nitrogen and oxygen atoms in total. The van der Waals surface area contributed by atoms with Crippen molar-refractivity contribution in [3.8, 4) is 0 Å². The number of imide groups is 1. The van der Waals surface area contributed by atoms with Gasteiger partial charge in [0.2, 0.25) is 11.8 Å². The van der Waals surface area contributed by atoms with E-state index in [4.69, 9.17) is 33.7 Å². The first-order chi connectivity index (χ1) is 20.2. The molecule has 8 N–H and O–H groups in total. The lowest BCUT2D eigenvalue weighted by Crippen LogP contribution is -2.52. The number of aliphatic hydroxyl groups is 1. The lowest BCUT2D eigenvalue weighted by molar-refractivity contribution is -0.136. The number of hydrogen-bond acceptors (Lipinski definition) is 9. The van der Waals surface area contributed by atoms with Gasteiger partial charge in [-0.2, -0.15) is 0 Å². The molecule has 0 aliphatic carbocycles. The predicted octanol–water partition coefficient (Wildman–Crippen LogP) is 1.89. The Morgan fingerprint density at radius 1 is 0.977 bits per heavy atom. The Morgan fingerprint density at radius 2 is 1.50 bits per heavy atom. The fourth-order valence-electron chi connectivity index (χ4n) is 3.88. The van der Waals surface area contributed by atoms with Crippen molar-refractivity contribution >= 4 is 62.0 Å². The lowest BCUT2D eigenvalue weighted by Gasteiger charge is -2.29. The van der Waals surface area contributed by atoms with Gasteiger partial charge in [-0.05, 0) is 64.2 Å². The molecule has 0 unspecified atom stereocenters. The van der Waals surface area contributed by atoms with E-state index in [2.05, 4.69) is 5.32 Å². The van der Waals surface area contributed by atoms with Gasteiger partial charge in [-0.3, -0.25) is 18.7 Å². The number of anilines is 1. The Labute approximate surface area is 266 Å². The monoisotopic (exact) mass is 706 g/mol. The van der Waals surface area contributed by atoms with Crippen molar-refractivity contribution in [1.82, 2.24) is 10.2 Å². The van der Waals surface area contributed by atoms with Crippen LogP contribution in [0.5, 0.6) is 0 Å². The van der Waals surface area contributed by atoms with Gasteiger partial charge in [0.1, 0.15) is 12.1 Å². The molecule has 1 atom stereocenters. The smallest absolute Gasteiger partial charge is 0.417 e. The van der Waals surface area contributed by atoms with E-state index >= 15 is 0 Å². The van der Waals surface area contributed by atoms with Crippen LogP contribution in [0.2, 0.25) is 0 Å². The highest BCUT2D eigenvalue weighted by atomic mass is 35.5. The molecule has 0 saturated carbocycles. The topological polar surface area (TPSA) is 240 Å². The molecule has 0 saturated heterocycles. The lowest BCUT2D eigenvalue weighted by atomic mass is 10.0. The number of hydrogen-bond donors (Lipinski definition) is 7. The number of carbonyl (C=O) groups is 3. The molecule has 0 fully saturated rings. The zero-order valence-electron chi connectivity index (χ0n) is 24.8. The number of benzene rings is 1. The standard InChI is InChI=1S/C25H42Cl2N4O11P2/c1-24(2,3)42-23(34)31(17-21(32)29-13-5-4-10-25(35,43(36,37)38)44(39,40)41)22(33)20(28)16-18-6-8-19(9-7-18)30(14-11-26)15-12-27/h6-9,20,35H,4-5,10-17,28H2,1-3H3,(H,29,32)(H2,36,37,38)(H2,39,40,41)/t20-/m0/s1. The number of unbranched alkanes of at least 4 members (excludes halogenated alkanes) is 1. The van der Waals surface area contributed by atoms with Crippen LogP contribution in [0, 0.1) is 0 Å². The second-order valence-electron chi connectivity index (χ2n) is 10.9. The minimum absolute atomic E-state index is 0.0348. The van der Waals surface area contributed by atoms with E-state index in [0.717, 1.165) is 5.69 Å². The Bertz CT molecular complexity index is 1180. The molecule has 0 radical (unpaired) electrons. The highest BCUT2D eigenvalue weighted by Crippen LogP contribution is 2.69. The Morgan fingerprint density at radius 3 is 1.95 bits per heavy atom. The molecule has 44 heavy (non-hydrogen) atoms. The maximum absolute atomic E-state index is 13.2. The van der Waals surface area contributed by atoms with Crippen molar-refractivity contribution in [1.29, 1.82) is 0 Å². The summed E-state index contributed by atoms with van der Waals surface area (Å²) in [5.74, 6) is -0.872.